The summed E-state index contributed by atoms with van der Waals surface area (Å²) in [5, 5.41) is 1.13. The lowest BCUT2D eigenvalue weighted by Gasteiger charge is -2.06. The third kappa shape index (κ3) is 1.34. The number of hydrogen-bond donors (Lipinski definition) is 2. The number of nitrogens with two attached hydrogens (primary N) is 2. The third-order valence-corrected chi connectivity index (χ3v) is 2.14. The van der Waals surface area contributed by atoms with Crippen molar-refractivity contribution in [1.82, 2.24) is 4.98 Å². The van der Waals surface area contributed by atoms with E-state index in [0.717, 1.165) is 0 Å². The number of pyridine rings is 1. The molecule has 0 atom stereocenters. The van der Waals surface area contributed by atoms with Crippen LogP contribution >= 0.6 is 0 Å². The molecule has 0 aliphatic rings. The highest BCUT2D eigenvalue weighted by Gasteiger charge is 2.09. The number of nitrogen functional groups attached to an aromatic ring is 2. The molecule has 0 amide bonds. The van der Waals surface area contributed by atoms with E-state index in [1.54, 1.807) is 12.1 Å². The Balaban J connectivity index is 3.00. The molecule has 0 saturated heterocycles. The number of terminal acetylenes is 1. The maximum atomic E-state index is 13.3. The van der Waals surface area contributed by atoms with Gasteiger partial charge in [0.2, 0.25) is 0 Å². The first-order valence-corrected chi connectivity index (χ1v) is 4.24. The summed E-state index contributed by atoms with van der Waals surface area (Å²) in [6.45, 7) is 0. The number of benzene rings is 1. The summed E-state index contributed by atoms with van der Waals surface area (Å²) in [5.41, 5.74) is 11.3. The Hall–Kier alpha value is -2.28. The smallest absolute Gasteiger partial charge is 0.139 e. The molecule has 0 radical (unpaired) electrons. The number of fused-ring (bicyclic) bond motifs is 1. The van der Waals surface area contributed by atoms with Crippen LogP contribution in [0.25, 0.3) is 10.8 Å². The second-order valence-electron chi connectivity index (χ2n) is 3.10. The summed E-state index contributed by atoms with van der Waals surface area (Å²) in [6, 6.07) is 4.46. The number of aromatic nitrogens is 1. The molecule has 1 heterocycles. The van der Waals surface area contributed by atoms with Gasteiger partial charge in [0.1, 0.15) is 17.5 Å². The Kier molecular flexibility index (Phi) is 1.94. The molecule has 15 heavy (non-hydrogen) atoms. The molecule has 0 aliphatic heterocycles. The van der Waals surface area contributed by atoms with E-state index in [9.17, 15) is 4.39 Å². The summed E-state index contributed by atoms with van der Waals surface area (Å²) < 4.78 is 13.3. The molecule has 1 aromatic heterocycles. The zero-order chi connectivity index (χ0) is 11.0. The molecule has 4 heteroatoms. The maximum Gasteiger partial charge on any atom is 0.139 e. The van der Waals surface area contributed by atoms with Crippen molar-refractivity contribution in [2.45, 2.75) is 0 Å². The molecule has 3 nitrogen and oxygen atoms in total. The highest BCUT2D eigenvalue weighted by atomic mass is 19.1. The number of halogens is 1. The standard InChI is InChI=1S/C11H8FN3/c1-2-7-8(12)4-3-6-5-9(13)15-11(14)10(6)7/h1,3-5H,(H4,13,14,15). The van der Waals surface area contributed by atoms with Crippen LogP contribution in [0.4, 0.5) is 16.0 Å². The Labute approximate surface area is 85.9 Å². The molecule has 4 N–H and O–H groups in total. The summed E-state index contributed by atoms with van der Waals surface area (Å²) in [6.07, 6.45) is 5.22. The molecule has 0 aliphatic carbocycles. The Morgan fingerprint density at radius 2 is 2.07 bits per heavy atom. The molecule has 0 fully saturated rings. The van der Waals surface area contributed by atoms with Crippen LogP contribution in [-0.2, 0) is 0 Å². The Morgan fingerprint density at radius 1 is 1.33 bits per heavy atom. The Bertz CT molecular complexity index is 584. The Morgan fingerprint density at radius 3 is 2.73 bits per heavy atom. The lowest BCUT2D eigenvalue weighted by atomic mass is 10.1. The molecule has 0 saturated carbocycles. The molecule has 2 aromatic rings. The highest BCUT2D eigenvalue weighted by molar-refractivity contribution is 5.97. The lowest BCUT2D eigenvalue weighted by molar-refractivity contribution is 0.626. The molecule has 0 unspecified atom stereocenters. The van der Waals surface area contributed by atoms with Crippen LogP contribution < -0.4 is 11.5 Å². The van der Waals surface area contributed by atoms with Crippen LogP contribution in [0.3, 0.4) is 0 Å². The number of anilines is 2. The topological polar surface area (TPSA) is 64.9 Å². The summed E-state index contributed by atoms with van der Waals surface area (Å²) in [4.78, 5) is 3.84. The van der Waals surface area contributed by atoms with E-state index in [1.165, 1.54) is 6.07 Å². The molecular weight excluding hydrogens is 193 g/mol. The average molecular weight is 201 g/mol. The van der Waals surface area contributed by atoms with Gasteiger partial charge in [-0.25, -0.2) is 9.37 Å². The van der Waals surface area contributed by atoms with Crippen molar-refractivity contribution in [3.63, 3.8) is 0 Å². The SMILES string of the molecule is C#Cc1c(F)ccc2cc(N)nc(N)c12. The molecular formula is C11H8FN3. The van der Waals surface area contributed by atoms with Crippen molar-refractivity contribution in [2.24, 2.45) is 0 Å². The van der Waals surface area contributed by atoms with Crippen LogP contribution in [0, 0.1) is 18.2 Å². The van der Waals surface area contributed by atoms with E-state index in [2.05, 4.69) is 10.9 Å². The quantitative estimate of drug-likeness (QED) is 0.635. The highest BCUT2D eigenvalue weighted by Crippen LogP contribution is 2.26. The normalized spacial score (nSPS) is 10.1. The van der Waals surface area contributed by atoms with Gasteiger partial charge in [-0.2, -0.15) is 0 Å². The van der Waals surface area contributed by atoms with E-state index >= 15 is 0 Å². The zero-order valence-electron chi connectivity index (χ0n) is 7.79. The predicted molar refractivity (Wildman–Crippen MR) is 58.5 cm³/mol. The van der Waals surface area contributed by atoms with Crippen molar-refractivity contribution >= 4 is 22.4 Å². The average Bonchev–Trinajstić information content (AvgIpc) is 2.18. The first-order chi connectivity index (χ1) is 7.13. The van der Waals surface area contributed by atoms with Crippen LogP contribution in [0.2, 0.25) is 0 Å². The molecule has 74 valence electrons. The fraction of sp³-hybridized carbons (Fsp3) is 0. The number of nitrogens with zero attached hydrogens (tertiary/aromatic N) is 1. The first kappa shape index (κ1) is 9.28. The second kappa shape index (κ2) is 3.14. The van der Waals surface area contributed by atoms with Gasteiger partial charge < -0.3 is 11.5 Å². The van der Waals surface area contributed by atoms with Crippen LogP contribution in [0.15, 0.2) is 18.2 Å². The van der Waals surface area contributed by atoms with Crippen molar-refractivity contribution in [1.29, 1.82) is 0 Å². The minimum atomic E-state index is -0.483. The van der Waals surface area contributed by atoms with Gasteiger partial charge in [-0.1, -0.05) is 12.0 Å². The van der Waals surface area contributed by atoms with Crippen LogP contribution in [0.5, 0.6) is 0 Å². The molecule has 1 aromatic carbocycles. The summed E-state index contributed by atoms with van der Waals surface area (Å²) in [7, 11) is 0. The maximum absolute atomic E-state index is 13.3. The fourth-order valence-corrected chi connectivity index (χ4v) is 1.52. The van der Waals surface area contributed by atoms with E-state index in [-0.39, 0.29) is 17.2 Å². The fourth-order valence-electron chi connectivity index (χ4n) is 1.52. The molecule has 2 rings (SSSR count). The number of hydrogen-bond acceptors (Lipinski definition) is 3. The van der Waals surface area contributed by atoms with Crippen LogP contribution in [0.1, 0.15) is 5.56 Å². The van der Waals surface area contributed by atoms with Crippen molar-refractivity contribution in [3.8, 4) is 12.3 Å². The molecule has 0 bridgehead atoms. The van der Waals surface area contributed by atoms with Crippen molar-refractivity contribution in [3.05, 3.63) is 29.6 Å². The summed E-state index contributed by atoms with van der Waals surface area (Å²) in [5.74, 6) is 2.22. The first-order valence-electron chi connectivity index (χ1n) is 4.24. The lowest BCUT2D eigenvalue weighted by Crippen LogP contribution is -1.99. The van der Waals surface area contributed by atoms with Gasteiger partial charge in [-0.05, 0) is 17.5 Å². The van der Waals surface area contributed by atoms with Gasteiger partial charge in [0.15, 0.2) is 0 Å². The van der Waals surface area contributed by atoms with E-state index in [4.69, 9.17) is 17.9 Å². The predicted octanol–water partition coefficient (Wildman–Crippen LogP) is 1.52. The van der Waals surface area contributed by atoms with E-state index < -0.39 is 5.82 Å². The minimum Gasteiger partial charge on any atom is -0.384 e. The van der Waals surface area contributed by atoms with Gasteiger partial charge in [0, 0.05) is 5.39 Å². The van der Waals surface area contributed by atoms with Crippen molar-refractivity contribution in [2.75, 3.05) is 11.5 Å². The molecule has 0 spiro atoms. The van der Waals surface area contributed by atoms with Gasteiger partial charge >= 0.3 is 0 Å². The second-order valence-corrected chi connectivity index (χ2v) is 3.10. The summed E-state index contributed by atoms with van der Waals surface area (Å²) >= 11 is 0. The van der Waals surface area contributed by atoms with Gasteiger partial charge in [0.05, 0.1) is 5.56 Å². The van der Waals surface area contributed by atoms with Gasteiger partial charge in [-0.15, -0.1) is 6.42 Å². The monoisotopic (exact) mass is 201 g/mol. The van der Waals surface area contributed by atoms with Gasteiger partial charge in [0.25, 0.3) is 0 Å². The van der Waals surface area contributed by atoms with Gasteiger partial charge in [-0.3, -0.25) is 0 Å². The third-order valence-electron chi connectivity index (χ3n) is 2.14. The number of rotatable bonds is 0. The van der Waals surface area contributed by atoms with E-state index in [1.807, 2.05) is 0 Å². The minimum absolute atomic E-state index is 0.123. The largest absolute Gasteiger partial charge is 0.384 e. The zero-order valence-corrected chi connectivity index (χ0v) is 7.79. The van der Waals surface area contributed by atoms with Crippen molar-refractivity contribution < 1.29 is 4.39 Å². The van der Waals surface area contributed by atoms with E-state index in [0.29, 0.717) is 10.8 Å². The van der Waals surface area contributed by atoms with Crippen LogP contribution in [-0.4, -0.2) is 4.98 Å².